The largest absolute Gasteiger partial charge is 0.416 e. The normalized spacial score (nSPS) is 11.4. The number of rotatable bonds is 3. The molecule has 0 aliphatic heterocycles. The summed E-state index contributed by atoms with van der Waals surface area (Å²) in [5.74, 6) is -0.239. The first kappa shape index (κ1) is 15.4. The quantitative estimate of drug-likeness (QED) is 0.675. The van der Waals surface area contributed by atoms with Crippen LogP contribution in [0.4, 0.5) is 18.9 Å². The number of ketones is 1. The van der Waals surface area contributed by atoms with Crippen molar-refractivity contribution >= 4 is 23.1 Å². The van der Waals surface area contributed by atoms with Gasteiger partial charge in [-0.2, -0.15) is 13.2 Å². The van der Waals surface area contributed by atoms with Crippen LogP contribution in [0, 0.1) is 0 Å². The predicted octanol–water partition coefficient (Wildman–Crippen LogP) is 4.37. The lowest BCUT2D eigenvalue weighted by molar-refractivity contribution is -0.137. The number of alkyl halides is 3. The summed E-state index contributed by atoms with van der Waals surface area (Å²) in [4.78, 5) is 12.0. The van der Waals surface area contributed by atoms with E-state index in [1.165, 1.54) is 30.3 Å². The summed E-state index contributed by atoms with van der Waals surface area (Å²) in [7, 11) is 0. The molecule has 0 bridgehead atoms. The summed E-state index contributed by atoms with van der Waals surface area (Å²) < 4.78 is 37.3. The van der Waals surface area contributed by atoms with Crippen LogP contribution in [0.1, 0.15) is 21.5 Å². The molecule has 2 aromatic carbocycles. The number of anilines is 1. The van der Waals surface area contributed by atoms with Gasteiger partial charge in [0, 0.05) is 12.0 Å². The van der Waals surface area contributed by atoms with E-state index in [2.05, 4.69) is 0 Å². The Balaban J connectivity index is 2.14. The summed E-state index contributed by atoms with van der Waals surface area (Å²) >= 11 is 5.83. The molecule has 0 saturated heterocycles. The Bertz CT molecular complexity index is 666. The van der Waals surface area contributed by atoms with Gasteiger partial charge in [-0.25, -0.2) is 0 Å². The number of carbonyl (C=O) groups excluding carboxylic acids is 1. The highest BCUT2D eigenvalue weighted by molar-refractivity contribution is 6.33. The molecule has 0 fully saturated rings. The van der Waals surface area contributed by atoms with Crippen molar-refractivity contribution < 1.29 is 18.0 Å². The zero-order chi connectivity index (χ0) is 15.6. The second kappa shape index (κ2) is 5.77. The van der Waals surface area contributed by atoms with Gasteiger partial charge in [-0.3, -0.25) is 4.79 Å². The minimum absolute atomic E-state index is 0.00160. The lowest BCUT2D eigenvalue weighted by Gasteiger charge is -2.08. The molecular formula is C15H11ClF3NO. The molecular weight excluding hydrogens is 303 g/mol. The molecule has 0 aliphatic rings. The van der Waals surface area contributed by atoms with Gasteiger partial charge in [0.25, 0.3) is 0 Å². The lowest BCUT2D eigenvalue weighted by Crippen LogP contribution is -2.07. The molecule has 0 aliphatic carbocycles. The minimum Gasteiger partial charge on any atom is -0.398 e. The van der Waals surface area contributed by atoms with E-state index in [9.17, 15) is 18.0 Å². The van der Waals surface area contributed by atoms with Gasteiger partial charge in [-0.05, 0) is 35.9 Å². The van der Waals surface area contributed by atoms with Crippen molar-refractivity contribution in [3.63, 3.8) is 0 Å². The van der Waals surface area contributed by atoms with E-state index in [1.54, 1.807) is 0 Å². The first-order valence-electron chi connectivity index (χ1n) is 6.02. The predicted molar refractivity (Wildman–Crippen MR) is 75.3 cm³/mol. The molecule has 6 heteroatoms. The van der Waals surface area contributed by atoms with Crippen molar-refractivity contribution in [2.75, 3.05) is 5.73 Å². The first-order chi connectivity index (χ1) is 9.77. The van der Waals surface area contributed by atoms with Crippen molar-refractivity contribution in [1.29, 1.82) is 0 Å². The Morgan fingerprint density at radius 2 is 1.71 bits per heavy atom. The fraction of sp³-hybridized carbons (Fsp3) is 0.133. The summed E-state index contributed by atoms with van der Waals surface area (Å²) in [6.45, 7) is 0. The van der Waals surface area contributed by atoms with E-state index >= 15 is 0 Å². The van der Waals surface area contributed by atoms with Crippen molar-refractivity contribution in [3.8, 4) is 0 Å². The SMILES string of the molecule is Nc1ccc(C(=O)Cc2ccc(C(F)(F)F)cc2)cc1Cl. The van der Waals surface area contributed by atoms with Crippen molar-refractivity contribution in [2.24, 2.45) is 0 Å². The van der Waals surface area contributed by atoms with E-state index in [0.717, 1.165) is 12.1 Å². The van der Waals surface area contributed by atoms with Crippen LogP contribution in [0.3, 0.4) is 0 Å². The molecule has 0 atom stereocenters. The minimum atomic E-state index is -4.38. The average Bonchev–Trinajstić information content (AvgIpc) is 2.41. The molecule has 0 spiro atoms. The van der Waals surface area contributed by atoms with Crippen LogP contribution in [0.25, 0.3) is 0 Å². The lowest BCUT2D eigenvalue weighted by atomic mass is 10.0. The van der Waals surface area contributed by atoms with E-state index in [0.29, 0.717) is 16.8 Å². The first-order valence-corrected chi connectivity index (χ1v) is 6.39. The second-order valence-electron chi connectivity index (χ2n) is 4.53. The molecule has 0 aromatic heterocycles. The van der Waals surface area contributed by atoms with Crippen LogP contribution in [-0.4, -0.2) is 5.78 Å². The van der Waals surface area contributed by atoms with Gasteiger partial charge in [0.2, 0.25) is 0 Å². The third kappa shape index (κ3) is 3.76. The molecule has 0 amide bonds. The summed E-state index contributed by atoms with van der Waals surface area (Å²) in [6.07, 6.45) is -4.38. The van der Waals surface area contributed by atoms with Gasteiger partial charge >= 0.3 is 6.18 Å². The maximum absolute atomic E-state index is 12.4. The molecule has 2 rings (SSSR count). The average molecular weight is 314 g/mol. The third-order valence-corrected chi connectivity index (χ3v) is 3.30. The van der Waals surface area contributed by atoms with Gasteiger partial charge in [0.15, 0.2) is 5.78 Å². The van der Waals surface area contributed by atoms with Gasteiger partial charge in [-0.15, -0.1) is 0 Å². The number of benzene rings is 2. The fourth-order valence-electron chi connectivity index (χ4n) is 1.80. The van der Waals surface area contributed by atoms with Crippen LogP contribution >= 0.6 is 11.6 Å². The van der Waals surface area contributed by atoms with Gasteiger partial charge in [0.05, 0.1) is 16.3 Å². The molecule has 110 valence electrons. The Morgan fingerprint density at radius 1 is 1.10 bits per heavy atom. The monoisotopic (exact) mass is 313 g/mol. The van der Waals surface area contributed by atoms with E-state index < -0.39 is 11.7 Å². The summed E-state index contributed by atoms with van der Waals surface area (Å²) in [6, 6.07) is 9.00. The zero-order valence-electron chi connectivity index (χ0n) is 10.7. The molecule has 0 radical (unpaired) electrons. The highest BCUT2D eigenvalue weighted by atomic mass is 35.5. The van der Waals surface area contributed by atoms with Gasteiger partial charge in [-0.1, -0.05) is 23.7 Å². The maximum Gasteiger partial charge on any atom is 0.416 e. The number of nitrogen functional groups attached to an aromatic ring is 1. The van der Waals surface area contributed by atoms with Gasteiger partial charge in [0.1, 0.15) is 0 Å². The molecule has 2 N–H and O–H groups in total. The van der Waals surface area contributed by atoms with Gasteiger partial charge < -0.3 is 5.73 Å². The second-order valence-corrected chi connectivity index (χ2v) is 4.94. The van der Waals surface area contributed by atoms with E-state index in [-0.39, 0.29) is 17.2 Å². The topological polar surface area (TPSA) is 43.1 Å². The number of hydrogen-bond acceptors (Lipinski definition) is 2. The smallest absolute Gasteiger partial charge is 0.398 e. The molecule has 21 heavy (non-hydrogen) atoms. The van der Waals surface area contributed by atoms with Crippen molar-refractivity contribution in [3.05, 3.63) is 64.2 Å². The van der Waals surface area contributed by atoms with Crippen LogP contribution < -0.4 is 5.73 Å². The Kier molecular flexibility index (Phi) is 4.23. The van der Waals surface area contributed by atoms with Crippen LogP contribution in [0.2, 0.25) is 5.02 Å². The van der Waals surface area contributed by atoms with E-state index in [1.807, 2.05) is 0 Å². The molecule has 2 aromatic rings. The number of carbonyl (C=O) groups is 1. The van der Waals surface area contributed by atoms with Crippen LogP contribution in [0.5, 0.6) is 0 Å². The number of Topliss-reactive ketones (excluding diaryl/α,β-unsaturated/α-hetero) is 1. The standard InChI is InChI=1S/C15H11ClF3NO/c16-12-8-10(3-6-13(12)20)14(21)7-9-1-4-11(5-2-9)15(17,18)19/h1-6,8H,7,20H2. The van der Waals surface area contributed by atoms with Crippen molar-refractivity contribution in [2.45, 2.75) is 12.6 Å². The van der Waals surface area contributed by atoms with Crippen LogP contribution in [-0.2, 0) is 12.6 Å². The Hall–Kier alpha value is -2.01. The highest BCUT2D eigenvalue weighted by Gasteiger charge is 2.29. The van der Waals surface area contributed by atoms with Crippen LogP contribution in [0.15, 0.2) is 42.5 Å². The zero-order valence-corrected chi connectivity index (χ0v) is 11.5. The van der Waals surface area contributed by atoms with Crippen molar-refractivity contribution in [1.82, 2.24) is 0 Å². The number of nitrogens with two attached hydrogens (primary N) is 1. The summed E-state index contributed by atoms with van der Waals surface area (Å²) in [5, 5.41) is 0.272. The maximum atomic E-state index is 12.4. The third-order valence-electron chi connectivity index (χ3n) is 2.97. The highest BCUT2D eigenvalue weighted by Crippen LogP contribution is 2.29. The molecule has 0 saturated carbocycles. The Labute approximate surface area is 124 Å². The number of hydrogen-bond donors (Lipinski definition) is 1. The fourth-order valence-corrected chi connectivity index (χ4v) is 1.98. The molecule has 2 nitrogen and oxygen atoms in total. The molecule has 0 unspecified atom stereocenters. The van der Waals surface area contributed by atoms with E-state index in [4.69, 9.17) is 17.3 Å². The molecule has 0 heterocycles. The summed E-state index contributed by atoms with van der Waals surface area (Å²) in [5.41, 5.74) is 6.04. The number of halogens is 4. The Morgan fingerprint density at radius 3 is 2.24 bits per heavy atom.